The van der Waals surface area contributed by atoms with E-state index in [1.165, 1.54) is 27.8 Å². The standard InChI is InChI=1S/C26H32N2O3S/c1-16-6-11-20(17(2)12-16)21-14-32-24-23(21)25(30)28(15-27-24)13-22(29)31-19-9-7-18(8-10-19)26(3,4)5/h6,11-12,14-15,18-19H,7-10,13H2,1-5H3. The Bertz CT molecular complexity index is 1190. The van der Waals surface area contributed by atoms with Gasteiger partial charge in [-0.25, -0.2) is 4.98 Å². The predicted octanol–water partition coefficient (Wildman–Crippen LogP) is 5.89. The van der Waals surface area contributed by atoms with Crippen molar-refractivity contribution < 1.29 is 9.53 Å². The van der Waals surface area contributed by atoms with Crippen molar-refractivity contribution >= 4 is 27.5 Å². The average molecular weight is 453 g/mol. The Hall–Kier alpha value is -2.47. The fourth-order valence-corrected chi connectivity index (χ4v) is 5.70. The molecule has 0 aliphatic heterocycles. The van der Waals surface area contributed by atoms with E-state index in [1.807, 2.05) is 24.4 Å². The van der Waals surface area contributed by atoms with Crippen molar-refractivity contribution in [3.63, 3.8) is 0 Å². The Morgan fingerprint density at radius 3 is 2.53 bits per heavy atom. The van der Waals surface area contributed by atoms with E-state index >= 15 is 0 Å². The molecule has 0 N–H and O–H groups in total. The number of thiophene rings is 1. The van der Waals surface area contributed by atoms with Crippen LogP contribution in [-0.2, 0) is 16.1 Å². The van der Waals surface area contributed by atoms with Crippen molar-refractivity contribution in [3.8, 4) is 11.1 Å². The number of esters is 1. The fraction of sp³-hybridized carbons (Fsp3) is 0.500. The molecule has 170 valence electrons. The van der Waals surface area contributed by atoms with Crippen LogP contribution in [0.25, 0.3) is 21.3 Å². The van der Waals surface area contributed by atoms with Gasteiger partial charge in [0, 0.05) is 10.9 Å². The molecule has 3 aromatic rings. The Kier molecular flexibility index (Phi) is 6.26. The van der Waals surface area contributed by atoms with Crippen molar-refractivity contribution in [1.82, 2.24) is 9.55 Å². The first-order chi connectivity index (χ1) is 15.1. The van der Waals surface area contributed by atoms with Gasteiger partial charge in [-0.05, 0) is 62.0 Å². The summed E-state index contributed by atoms with van der Waals surface area (Å²) < 4.78 is 7.11. The molecule has 1 aliphatic carbocycles. The summed E-state index contributed by atoms with van der Waals surface area (Å²) in [6.07, 6.45) is 5.33. The molecule has 1 aliphatic rings. The lowest BCUT2D eigenvalue weighted by Gasteiger charge is -2.36. The summed E-state index contributed by atoms with van der Waals surface area (Å²) in [5.41, 5.74) is 4.29. The van der Waals surface area contributed by atoms with Crippen LogP contribution < -0.4 is 5.56 Å². The number of ether oxygens (including phenoxy) is 1. The first kappa shape index (κ1) is 22.7. The number of hydrogen-bond donors (Lipinski definition) is 0. The molecule has 0 radical (unpaired) electrons. The summed E-state index contributed by atoms with van der Waals surface area (Å²) in [7, 11) is 0. The molecule has 1 aromatic carbocycles. The van der Waals surface area contributed by atoms with Crippen LogP contribution in [0.5, 0.6) is 0 Å². The second-order valence-electron chi connectivity index (χ2n) is 10.2. The fourth-order valence-electron chi connectivity index (χ4n) is 4.80. The lowest BCUT2D eigenvalue weighted by Crippen LogP contribution is -2.32. The third-order valence-corrected chi connectivity index (χ3v) is 7.62. The van der Waals surface area contributed by atoms with Gasteiger partial charge in [-0.1, -0.05) is 44.5 Å². The molecule has 32 heavy (non-hydrogen) atoms. The number of carbonyl (C=O) groups is 1. The number of fused-ring (bicyclic) bond motifs is 1. The Balaban J connectivity index is 1.51. The number of aryl methyl sites for hydroxylation is 2. The lowest BCUT2D eigenvalue weighted by atomic mass is 9.72. The summed E-state index contributed by atoms with van der Waals surface area (Å²) in [6, 6.07) is 6.21. The third-order valence-electron chi connectivity index (χ3n) is 6.73. The molecule has 1 fully saturated rings. The average Bonchev–Trinajstić information content (AvgIpc) is 3.14. The molecule has 0 atom stereocenters. The maximum atomic E-state index is 13.3. The molecule has 2 aromatic heterocycles. The zero-order valence-electron chi connectivity index (χ0n) is 19.6. The first-order valence-corrected chi connectivity index (χ1v) is 12.2. The number of benzene rings is 1. The van der Waals surface area contributed by atoms with E-state index in [-0.39, 0.29) is 29.6 Å². The van der Waals surface area contributed by atoms with E-state index in [2.05, 4.69) is 38.7 Å². The lowest BCUT2D eigenvalue weighted by molar-refractivity contribution is -0.152. The second-order valence-corrected chi connectivity index (χ2v) is 11.0. The normalized spacial score (nSPS) is 19.3. The van der Waals surface area contributed by atoms with Crippen molar-refractivity contribution in [2.75, 3.05) is 0 Å². The van der Waals surface area contributed by atoms with E-state index in [0.29, 0.717) is 16.1 Å². The van der Waals surface area contributed by atoms with Crippen molar-refractivity contribution in [2.24, 2.45) is 11.3 Å². The monoisotopic (exact) mass is 452 g/mol. The molecule has 0 amide bonds. The van der Waals surface area contributed by atoms with E-state index in [4.69, 9.17) is 4.74 Å². The predicted molar refractivity (Wildman–Crippen MR) is 130 cm³/mol. The molecule has 0 bridgehead atoms. The molecule has 0 saturated heterocycles. The second kappa shape index (κ2) is 8.81. The Labute approximate surface area is 193 Å². The molecule has 0 unspecified atom stereocenters. The van der Waals surface area contributed by atoms with Gasteiger partial charge in [0.05, 0.1) is 11.7 Å². The molecular weight excluding hydrogens is 420 g/mol. The molecule has 2 heterocycles. The van der Waals surface area contributed by atoms with Gasteiger partial charge in [-0.2, -0.15) is 0 Å². The summed E-state index contributed by atoms with van der Waals surface area (Å²) in [5.74, 6) is 0.296. The van der Waals surface area contributed by atoms with Crippen LogP contribution in [0.15, 0.2) is 34.7 Å². The summed E-state index contributed by atoms with van der Waals surface area (Å²) >= 11 is 1.45. The Morgan fingerprint density at radius 2 is 1.88 bits per heavy atom. The van der Waals surface area contributed by atoms with Crippen molar-refractivity contribution in [1.29, 1.82) is 0 Å². The number of hydrogen-bond acceptors (Lipinski definition) is 5. The molecule has 1 saturated carbocycles. The van der Waals surface area contributed by atoms with Gasteiger partial charge in [0.15, 0.2) is 0 Å². The van der Waals surface area contributed by atoms with Gasteiger partial charge in [0.2, 0.25) is 0 Å². The molecular formula is C26H32N2O3S. The van der Waals surface area contributed by atoms with Crippen LogP contribution in [0.4, 0.5) is 0 Å². The first-order valence-electron chi connectivity index (χ1n) is 11.4. The SMILES string of the molecule is Cc1ccc(-c2csc3ncn(CC(=O)OC4CCC(C(C)(C)C)CC4)c(=O)c23)c(C)c1. The topological polar surface area (TPSA) is 61.2 Å². The third kappa shape index (κ3) is 4.65. The van der Waals surface area contributed by atoms with E-state index in [0.717, 1.165) is 42.4 Å². The van der Waals surface area contributed by atoms with Crippen LogP contribution >= 0.6 is 11.3 Å². The maximum absolute atomic E-state index is 13.3. The number of carbonyl (C=O) groups excluding carboxylic acids is 1. The minimum atomic E-state index is -0.365. The van der Waals surface area contributed by atoms with Crippen molar-refractivity contribution in [3.05, 3.63) is 51.4 Å². The van der Waals surface area contributed by atoms with Gasteiger partial charge in [-0.15, -0.1) is 11.3 Å². The molecule has 5 nitrogen and oxygen atoms in total. The van der Waals surface area contributed by atoms with Gasteiger partial charge in [-0.3, -0.25) is 14.2 Å². The highest BCUT2D eigenvalue weighted by molar-refractivity contribution is 7.17. The number of rotatable bonds is 4. The molecule has 0 spiro atoms. The van der Waals surface area contributed by atoms with Gasteiger partial charge in [0.1, 0.15) is 17.5 Å². The van der Waals surface area contributed by atoms with Crippen LogP contribution in [-0.4, -0.2) is 21.6 Å². The van der Waals surface area contributed by atoms with Gasteiger partial charge in [0.25, 0.3) is 5.56 Å². The Morgan fingerprint density at radius 1 is 1.16 bits per heavy atom. The van der Waals surface area contributed by atoms with Gasteiger partial charge < -0.3 is 4.74 Å². The summed E-state index contributed by atoms with van der Waals surface area (Å²) in [4.78, 5) is 31.0. The minimum absolute atomic E-state index is 0.0552. The summed E-state index contributed by atoms with van der Waals surface area (Å²) in [6.45, 7) is 10.8. The van der Waals surface area contributed by atoms with Crippen LogP contribution in [0, 0.1) is 25.2 Å². The minimum Gasteiger partial charge on any atom is -0.461 e. The molecule has 4 rings (SSSR count). The number of nitrogens with zero attached hydrogens (tertiary/aromatic N) is 2. The maximum Gasteiger partial charge on any atom is 0.326 e. The largest absolute Gasteiger partial charge is 0.461 e. The van der Waals surface area contributed by atoms with E-state index in [9.17, 15) is 9.59 Å². The highest BCUT2D eigenvalue weighted by atomic mass is 32.1. The summed E-state index contributed by atoms with van der Waals surface area (Å²) in [5, 5.41) is 2.55. The van der Waals surface area contributed by atoms with E-state index in [1.54, 1.807) is 0 Å². The quantitative estimate of drug-likeness (QED) is 0.463. The zero-order valence-corrected chi connectivity index (χ0v) is 20.4. The van der Waals surface area contributed by atoms with Crippen LogP contribution in [0.2, 0.25) is 0 Å². The highest BCUT2D eigenvalue weighted by Crippen LogP contribution is 2.38. The number of aromatic nitrogens is 2. The highest BCUT2D eigenvalue weighted by Gasteiger charge is 2.31. The smallest absolute Gasteiger partial charge is 0.326 e. The van der Waals surface area contributed by atoms with E-state index < -0.39 is 0 Å². The van der Waals surface area contributed by atoms with Crippen LogP contribution in [0.3, 0.4) is 0 Å². The van der Waals surface area contributed by atoms with Crippen molar-refractivity contribution in [2.45, 2.75) is 73.0 Å². The van der Waals surface area contributed by atoms with Gasteiger partial charge >= 0.3 is 5.97 Å². The van der Waals surface area contributed by atoms with Crippen LogP contribution in [0.1, 0.15) is 57.6 Å². The zero-order chi connectivity index (χ0) is 23.0. The molecule has 6 heteroatoms.